The van der Waals surface area contributed by atoms with Gasteiger partial charge in [0.05, 0.1) is 12.1 Å². The number of methoxy groups -OCH3 is 1. The Morgan fingerprint density at radius 3 is 2.24 bits per heavy atom. The van der Waals surface area contributed by atoms with Crippen molar-refractivity contribution < 1.29 is 4.74 Å². The van der Waals surface area contributed by atoms with Crippen LogP contribution < -0.4 is 4.74 Å². The molecule has 3 heteroatoms. The molecular weight excluding hydrogens is 303 g/mol. The predicted octanol–water partition coefficient (Wildman–Crippen LogP) is 6.13. The summed E-state index contributed by atoms with van der Waals surface area (Å²) in [6.45, 7) is 2.09. The highest BCUT2D eigenvalue weighted by molar-refractivity contribution is 6.33. The molecule has 0 aliphatic rings. The molecule has 0 N–H and O–H groups in total. The highest BCUT2D eigenvalue weighted by Crippen LogP contribution is 2.34. The zero-order chi connectivity index (χ0) is 15.0. The smallest absolute Gasteiger partial charge is 0.138 e. The highest BCUT2D eigenvalue weighted by Gasteiger charge is 2.08. The third-order valence-electron chi connectivity index (χ3n) is 3.61. The van der Waals surface area contributed by atoms with Crippen LogP contribution in [0, 0.1) is 6.92 Å². The molecule has 0 spiro atoms. The molecule has 0 atom stereocenters. The van der Waals surface area contributed by atoms with Crippen molar-refractivity contribution in [1.82, 2.24) is 0 Å². The summed E-state index contributed by atoms with van der Waals surface area (Å²) in [7, 11) is 1.63. The van der Waals surface area contributed by atoms with E-state index in [0.717, 1.165) is 26.9 Å². The van der Waals surface area contributed by atoms with Crippen LogP contribution in [-0.2, 0) is 0 Å². The fourth-order valence-electron chi connectivity index (χ4n) is 2.52. The van der Waals surface area contributed by atoms with E-state index in [9.17, 15) is 0 Å². The molecule has 0 radical (unpaired) electrons. The van der Waals surface area contributed by atoms with Crippen LogP contribution in [0.15, 0.2) is 48.5 Å². The number of halogens is 2. The van der Waals surface area contributed by atoms with Crippen molar-refractivity contribution in [3.63, 3.8) is 0 Å². The lowest BCUT2D eigenvalue weighted by Crippen LogP contribution is -1.88. The van der Waals surface area contributed by atoms with E-state index >= 15 is 0 Å². The number of benzene rings is 3. The van der Waals surface area contributed by atoms with Crippen LogP contribution in [0.4, 0.5) is 0 Å². The lowest BCUT2D eigenvalue weighted by molar-refractivity contribution is 0.415. The second-order valence-corrected chi connectivity index (χ2v) is 5.85. The minimum absolute atomic E-state index is 0.623. The SMILES string of the molecule is COc1cc2c(C)cc(-c3ccc(Cl)cc3)cc2cc1Cl. The van der Waals surface area contributed by atoms with Gasteiger partial charge in [-0.3, -0.25) is 0 Å². The van der Waals surface area contributed by atoms with Crippen LogP contribution in [0.1, 0.15) is 5.56 Å². The normalized spacial score (nSPS) is 10.9. The average Bonchev–Trinajstić information content (AvgIpc) is 2.47. The lowest BCUT2D eigenvalue weighted by atomic mass is 9.97. The van der Waals surface area contributed by atoms with E-state index in [1.54, 1.807) is 7.11 Å². The average molecular weight is 317 g/mol. The zero-order valence-corrected chi connectivity index (χ0v) is 13.3. The van der Waals surface area contributed by atoms with E-state index < -0.39 is 0 Å². The summed E-state index contributed by atoms with van der Waals surface area (Å²) >= 11 is 12.2. The zero-order valence-electron chi connectivity index (χ0n) is 11.8. The Bertz CT molecular complexity index is 808. The van der Waals surface area contributed by atoms with Crippen LogP contribution in [0.2, 0.25) is 10.0 Å². The summed E-state index contributed by atoms with van der Waals surface area (Å²) in [5.74, 6) is 0.700. The summed E-state index contributed by atoms with van der Waals surface area (Å²) in [4.78, 5) is 0. The Balaban J connectivity index is 2.21. The molecule has 3 aromatic rings. The highest BCUT2D eigenvalue weighted by atomic mass is 35.5. The van der Waals surface area contributed by atoms with Crippen molar-refractivity contribution in [2.45, 2.75) is 6.92 Å². The van der Waals surface area contributed by atoms with Gasteiger partial charge in [-0.1, -0.05) is 41.4 Å². The molecule has 3 aromatic carbocycles. The van der Waals surface area contributed by atoms with Crippen molar-refractivity contribution in [1.29, 1.82) is 0 Å². The Morgan fingerprint density at radius 1 is 0.857 bits per heavy atom. The molecule has 0 aliphatic carbocycles. The van der Waals surface area contributed by atoms with Gasteiger partial charge in [0, 0.05) is 5.02 Å². The van der Waals surface area contributed by atoms with Crippen molar-refractivity contribution in [3.8, 4) is 16.9 Å². The largest absolute Gasteiger partial charge is 0.495 e. The molecule has 0 unspecified atom stereocenters. The molecule has 0 saturated carbocycles. The number of ether oxygens (including phenoxy) is 1. The summed E-state index contributed by atoms with van der Waals surface area (Å²) < 4.78 is 5.29. The van der Waals surface area contributed by atoms with E-state index in [0.29, 0.717) is 10.8 Å². The standard InChI is InChI=1S/C18H14Cl2O/c1-11-7-13(12-3-5-15(19)6-4-12)8-14-9-17(20)18(21-2)10-16(11)14/h3-10H,1-2H3. The summed E-state index contributed by atoms with van der Waals surface area (Å²) in [5.41, 5.74) is 3.47. The van der Waals surface area contributed by atoms with E-state index in [2.05, 4.69) is 19.1 Å². The van der Waals surface area contributed by atoms with E-state index in [4.69, 9.17) is 27.9 Å². The van der Waals surface area contributed by atoms with Crippen molar-refractivity contribution in [2.24, 2.45) is 0 Å². The molecule has 0 amide bonds. The quantitative estimate of drug-likeness (QED) is 0.552. The molecular formula is C18H14Cl2O. The van der Waals surface area contributed by atoms with Gasteiger partial charge in [0.15, 0.2) is 0 Å². The molecule has 0 aromatic heterocycles. The van der Waals surface area contributed by atoms with Crippen molar-refractivity contribution in [3.05, 3.63) is 64.1 Å². The molecule has 21 heavy (non-hydrogen) atoms. The van der Waals surface area contributed by atoms with Crippen molar-refractivity contribution in [2.75, 3.05) is 7.11 Å². The van der Waals surface area contributed by atoms with Gasteiger partial charge >= 0.3 is 0 Å². The van der Waals surface area contributed by atoms with Gasteiger partial charge in [-0.05, 0) is 64.7 Å². The van der Waals surface area contributed by atoms with Crippen LogP contribution in [0.3, 0.4) is 0 Å². The number of fused-ring (bicyclic) bond motifs is 1. The van der Waals surface area contributed by atoms with E-state index in [-0.39, 0.29) is 0 Å². The van der Waals surface area contributed by atoms with Crippen LogP contribution in [0.5, 0.6) is 5.75 Å². The van der Waals surface area contributed by atoms with Crippen LogP contribution in [-0.4, -0.2) is 7.11 Å². The molecule has 0 fully saturated rings. The van der Waals surface area contributed by atoms with Gasteiger partial charge in [-0.2, -0.15) is 0 Å². The maximum absolute atomic E-state index is 6.23. The molecule has 0 aliphatic heterocycles. The number of aryl methyl sites for hydroxylation is 1. The fraction of sp³-hybridized carbons (Fsp3) is 0.111. The summed E-state index contributed by atoms with van der Waals surface area (Å²) in [5, 5.41) is 3.61. The van der Waals surface area contributed by atoms with Gasteiger partial charge in [-0.25, -0.2) is 0 Å². The molecule has 0 heterocycles. The van der Waals surface area contributed by atoms with E-state index in [1.807, 2.05) is 36.4 Å². The Kier molecular flexibility index (Phi) is 3.79. The Hall–Kier alpha value is -1.70. The summed E-state index contributed by atoms with van der Waals surface area (Å²) in [6.07, 6.45) is 0. The maximum atomic E-state index is 6.23. The predicted molar refractivity (Wildman–Crippen MR) is 90.7 cm³/mol. The minimum atomic E-state index is 0.623. The maximum Gasteiger partial charge on any atom is 0.138 e. The minimum Gasteiger partial charge on any atom is -0.495 e. The number of rotatable bonds is 2. The van der Waals surface area contributed by atoms with Gasteiger partial charge < -0.3 is 4.74 Å². The second kappa shape index (κ2) is 5.59. The Labute approximate surface area is 134 Å². The van der Waals surface area contributed by atoms with Gasteiger partial charge in [-0.15, -0.1) is 0 Å². The third-order valence-corrected chi connectivity index (χ3v) is 4.16. The molecule has 0 saturated heterocycles. The van der Waals surface area contributed by atoms with Crippen LogP contribution >= 0.6 is 23.2 Å². The first-order valence-electron chi connectivity index (χ1n) is 6.62. The fourth-order valence-corrected chi connectivity index (χ4v) is 2.89. The lowest BCUT2D eigenvalue weighted by Gasteiger charge is -2.11. The number of hydrogen-bond donors (Lipinski definition) is 0. The monoisotopic (exact) mass is 316 g/mol. The Morgan fingerprint density at radius 2 is 1.57 bits per heavy atom. The first kappa shape index (κ1) is 14.2. The summed E-state index contributed by atoms with van der Waals surface area (Å²) in [6, 6.07) is 16.1. The van der Waals surface area contributed by atoms with Gasteiger partial charge in [0.2, 0.25) is 0 Å². The van der Waals surface area contributed by atoms with Gasteiger partial charge in [0.25, 0.3) is 0 Å². The van der Waals surface area contributed by atoms with Gasteiger partial charge in [0.1, 0.15) is 5.75 Å². The topological polar surface area (TPSA) is 9.23 Å². The second-order valence-electron chi connectivity index (χ2n) is 5.01. The molecule has 3 rings (SSSR count). The van der Waals surface area contributed by atoms with Crippen LogP contribution in [0.25, 0.3) is 21.9 Å². The molecule has 1 nitrogen and oxygen atoms in total. The number of hydrogen-bond acceptors (Lipinski definition) is 1. The first-order chi connectivity index (χ1) is 10.1. The third kappa shape index (κ3) is 2.72. The molecule has 106 valence electrons. The first-order valence-corrected chi connectivity index (χ1v) is 7.38. The molecule has 0 bridgehead atoms. The van der Waals surface area contributed by atoms with E-state index in [1.165, 1.54) is 5.56 Å². The van der Waals surface area contributed by atoms with Crippen molar-refractivity contribution >= 4 is 34.0 Å².